The van der Waals surface area contributed by atoms with Gasteiger partial charge in [-0.05, 0) is 75.9 Å². The van der Waals surface area contributed by atoms with Gasteiger partial charge in [-0.15, -0.1) is 5.10 Å². The molecular weight excluding hydrogens is 338 g/mol. The highest BCUT2D eigenvalue weighted by atomic mass is 16.5. The predicted molar refractivity (Wildman–Crippen MR) is 110 cm³/mol. The quantitative estimate of drug-likeness (QED) is 0.656. The van der Waals surface area contributed by atoms with Crippen molar-refractivity contribution < 1.29 is 4.74 Å². The third-order valence-electron chi connectivity index (χ3n) is 4.83. The minimum atomic E-state index is 0.0150. The van der Waals surface area contributed by atoms with Crippen molar-refractivity contribution in [3.05, 3.63) is 51.4 Å². The second-order valence-electron chi connectivity index (χ2n) is 7.67. The molecule has 5 heteroatoms. The lowest BCUT2D eigenvalue weighted by Gasteiger charge is -2.16. The van der Waals surface area contributed by atoms with Gasteiger partial charge in [0.25, 0.3) is 5.56 Å². The Labute approximate surface area is 160 Å². The minimum Gasteiger partial charge on any atom is -0.491 e. The monoisotopic (exact) mass is 367 g/mol. The van der Waals surface area contributed by atoms with Crippen molar-refractivity contribution in [1.82, 2.24) is 14.2 Å². The van der Waals surface area contributed by atoms with Crippen LogP contribution >= 0.6 is 0 Å². The molecule has 0 spiro atoms. The molecule has 0 atom stereocenters. The van der Waals surface area contributed by atoms with Gasteiger partial charge < -0.3 is 4.74 Å². The van der Waals surface area contributed by atoms with Crippen LogP contribution in [0, 0.1) is 13.8 Å². The molecule has 2 aromatic heterocycles. The highest BCUT2D eigenvalue weighted by Gasteiger charge is 2.19. The largest absolute Gasteiger partial charge is 0.491 e. The van der Waals surface area contributed by atoms with Crippen LogP contribution < -0.4 is 10.3 Å². The van der Waals surface area contributed by atoms with Crippen molar-refractivity contribution >= 4 is 5.52 Å². The molecule has 0 aliphatic heterocycles. The van der Waals surface area contributed by atoms with Crippen LogP contribution in [0.5, 0.6) is 5.75 Å². The third kappa shape index (κ3) is 3.38. The average Bonchev–Trinajstić information content (AvgIpc) is 2.92. The molecule has 1 aromatic carbocycles. The Morgan fingerprint density at radius 2 is 1.81 bits per heavy atom. The minimum absolute atomic E-state index is 0.0150. The Morgan fingerprint density at radius 1 is 1.11 bits per heavy atom. The number of aryl methyl sites for hydroxylation is 2. The molecule has 2 heterocycles. The lowest BCUT2D eigenvalue weighted by atomic mass is 10.1. The van der Waals surface area contributed by atoms with Crippen LogP contribution in [0.15, 0.2) is 29.1 Å². The fraction of sp³-hybridized carbons (Fsp3) is 0.455. The summed E-state index contributed by atoms with van der Waals surface area (Å²) in [4.78, 5) is 13.3. The van der Waals surface area contributed by atoms with Crippen LogP contribution in [0.3, 0.4) is 0 Å². The smallest absolute Gasteiger partial charge is 0.278 e. The first-order chi connectivity index (χ1) is 12.7. The molecule has 0 saturated carbocycles. The van der Waals surface area contributed by atoms with E-state index in [1.54, 1.807) is 9.08 Å². The average molecular weight is 367 g/mol. The third-order valence-corrected chi connectivity index (χ3v) is 4.83. The first-order valence-corrected chi connectivity index (χ1v) is 9.65. The molecule has 0 N–H and O–H groups in total. The molecule has 0 unspecified atom stereocenters. The molecule has 27 heavy (non-hydrogen) atoms. The van der Waals surface area contributed by atoms with E-state index in [9.17, 15) is 4.79 Å². The first kappa shape index (κ1) is 19.2. The Balaban J connectivity index is 2.26. The van der Waals surface area contributed by atoms with Gasteiger partial charge in [0.15, 0.2) is 5.82 Å². The van der Waals surface area contributed by atoms with Gasteiger partial charge in [0.2, 0.25) is 0 Å². The van der Waals surface area contributed by atoms with E-state index in [-0.39, 0.29) is 17.6 Å². The summed E-state index contributed by atoms with van der Waals surface area (Å²) in [5, 5.41) is 4.87. The number of hydrogen-bond acceptors (Lipinski definition) is 3. The van der Waals surface area contributed by atoms with Gasteiger partial charge in [0.05, 0.1) is 6.10 Å². The van der Waals surface area contributed by atoms with E-state index in [1.165, 1.54) is 0 Å². The molecule has 0 radical (unpaired) electrons. The number of rotatable bonds is 5. The number of benzene rings is 1. The van der Waals surface area contributed by atoms with Gasteiger partial charge in [-0.25, -0.2) is 4.52 Å². The number of fused-ring (bicyclic) bond motifs is 1. The molecule has 0 aliphatic carbocycles. The van der Waals surface area contributed by atoms with E-state index in [4.69, 9.17) is 9.84 Å². The molecule has 5 nitrogen and oxygen atoms in total. The highest BCUT2D eigenvalue weighted by Crippen LogP contribution is 2.27. The highest BCUT2D eigenvalue weighted by molar-refractivity contribution is 5.64. The van der Waals surface area contributed by atoms with Gasteiger partial charge in [0.1, 0.15) is 11.3 Å². The van der Waals surface area contributed by atoms with Crippen LogP contribution in [-0.4, -0.2) is 20.3 Å². The maximum atomic E-state index is 13.3. The Kier molecular flexibility index (Phi) is 5.13. The van der Waals surface area contributed by atoms with Crippen molar-refractivity contribution in [2.45, 2.75) is 67.0 Å². The van der Waals surface area contributed by atoms with E-state index in [2.05, 4.69) is 19.9 Å². The number of hydrogen-bond donors (Lipinski definition) is 0. The molecule has 0 aliphatic rings. The number of ether oxygens (including phenoxy) is 1. The van der Waals surface area contributed by atoms with Crippen LogP contribution in [0.4, 0.5) is 0 Å². The molecule has 0 saturated heterocycles. The summed E-state index contributed by atoms with van der Waals surface area (Å²) < 4.78 is 9.36. The fourth-order valence-electron chi connectivity index (χ4n) is 3.53. The van der Waals surface area contributed by atoms with E-state index < -0.39 is 0 Å². The molecule has 0 fully saturated rings. The number of nitrogens with zero attached hydrogens (tertiary/aromatic N) is 3. The summed E-state index contributed by atoms with van der Waals surface area (Å²) in [5.41, 5.74) is 4.72. The van der Waals surface area contributed by atoms with E-state index in [0.29, 0.717) is 17.9 Å². The second kappa shape index (κ2) is 7.22. The van der Waals surface area contributed by atoms with Crippen LogP contribution in [-0.2, 0) is 6.54 Å². The van der Waals surface area contributed by atoms with Crippen LogP contribution in [0.25, 0.3) is 16.9 Å². The SMILES string of the molecule is CCn1c(-c2ccc(OC(C)C)cc2C)nn2c(C)cc(C(C)C)c2c1=O. The zero-order chi connectivity index (χ0) is 19.9. The topological polar surface area (TPSA) is 48.5 Å². The van der Waals surface area contributed by atoms with Gasteiger partial charge in [0, 0.05) is 17.8 Å². The summed E-state index contributed by atoms with van der Waals surface area (Å²) >= 11 is 0. The first-order valence-electron chi connectivity index (χ1n) is 9.65. The maximum absolute atomic E-state index is 13.3. The summed E-state index contributed by atoms with van der Waals surface area (Å²) in [6.45, 7) is 14.8. The van der Waals surface area contributed by atoms with Crippen molar-refractivity contribution in [2.24, 2.45) is 0 Å². The van der Waals surface area contributed by atoms with Crippen LogP contribution in [0.1, 0.15) is 57.4 Å². The van der Waals surface area contributed by atoms with E-state index >= 15 is 0 Å². The Morgan fingerprint density at radius 3 is 2.37 bits per heavy atom. The Hall–Kier alpha value is -2.56. The number of aromatic nitrogens is 3. The molecular formula is C22H29N3O2. The summed E-state index contributed by atoms with van der Waals surface area (Å²) in [7, 11) is 0. The molecule has 0 amide bonds. The fourth-order valence-corrected chi connectivity index (χ4v) is 3.53. The summed E-state index contributed by atoms with van der Waals surface area (Å²) in [6, 6.07) is 8.02. The van der Waals surface area contributed by atoms with Crippen molar-refractivity contribution in [1.29, 1.82) is 0 Å². The molecule has 3 rings (SSSR count). The van der Waals surface area contributed by atoms with Gasteiger partial charge in [-0.3, -0.25) is 9.36 Å². The van der Waals surface area contributed by atoms with Crippen LogP contribution in [0.2, 0.25) is 0 Å². The van der Waals surface area contributed by atoms with Gasteiger partial charge in [-0.1, -0.05) is 13.8 Å². The lowest BCUT2D eigenvalue weighted by molar-refractivity contribution is 0.242. The zero-order valence-corrected chi connectivity index (χ0v) is 17.3. The standard InChI is InChI=1S/C22H29N3O2/c1-8-24-21(18-10-9-17(11-15(18)6)27-14(4)5)23-25-16(7)12-19(13(2)3)20(25)22(24)26/h9-14H,8H2,1-7H3. The van der Waals surface area contributed by atoms with Gasteiger partial charge in [-0.2, -0.15) is 0 Å². The van der Waals surface area contributed by atoms with Gasteiger partial charge >= 0.3 is 0 Å². The molecule has 3 aromatic rings. The molecule has 0 bridgehead atoms. The van der Waals surface area contributed by atoms with Crippen molar-refractivity contribution in [3.8, 4) is 17.1 Å². The van der Waals surface area contributed by atoms with E-state index in [0.717, 1.165) is 28.1 Å². The lowest BCUT2D eigenvalue weighted by Crippen LogP contribution is -2.26. The Bertz CT molecular complexity index is 1040. The van der Waals surface area contributed by atoms with E-state index in [1.807, 2.05) is 52.8 Å². The van der Waals surface area contributed by atoms with Crippen molar-refractivity contribution in [2.75, 3.05) is 0 Å². The summed E-state index contributed by atoms with van der Waals surface area (Å²) in [5.74, 6) is 1.79. The molecule has 144 valence electrons. The van der Waals surface area contributed by atoms with Crippen molar-refractivity contribution in [3.63, 3.8) is 0 Å². The predicted octanol–water partition coefficient (Wildman–Crippen LogP) is 4.71. The zero-order valence-electron chi connectivity index (χ0n) is 17.3. The summed E-state index contributed by atoms with van der Waals surface area (Å²) in [6.07, 6.45) is 0.121. The second-order valence-corrected chi connectivity index (χ2v) is 7.67. The maximum Gasteiger partial charge on any atom is 0.278 e. The normalized spacial score (nSPS) is 11.7.